The molecule has 0 bridgehead atoms. The summed E-state index contributed by atoms with van der Waals surface area (Å²) in [6.45, 7) is 0.229. The van der Waals surface area contributed by atoms with Crippen molar-refractivity contribution in [2.24, 2.45) is 11.5 Å². The molecular formula is C10H13N3O2. The number of hydrogen-bond donors (Lipinski definition) is 2. The van der Waals surface area contributed by atoms with E-state index in [4.69, 9.17) is 16.2 Å². The van der Waals surface area contributed by atoms with Gasteiger partial charge in [0.15, 0.2) is 0 Å². The minimum Gasteiger partial charge on any atom is -0.489 e. The van der Waals surface area contributed by atoms with Crippen molar-refractivity contribution in [2.75, 3.05) is 0 Å². The predicted octanol–water partition coefficient (Wildman–Crippen LogP) is 0.180. The van der Waals surface area contributed by atoms with Crippen molar-refractivity contribution >= 4 is 5.91 Å². The van der Waals surface area contributed by atoms with E-state index in [1.54, 1.807) is 6.07 Å². The summed E-state index contributed by atoms with van der Waals surface area (Å²) in [6, 6.07) is 1.73. The Labute approximate surface area is 87.4 Å². The van der Waals surface area contributed by atoms with Crippen LogP contribution in [0.2, 0.25) is 0 Å². The van der Waals surface area contributed by atoms with Gasteiger partial charge in [0.05, 0.1) is 12.3 Å². The number of carbonyl (C=O) groups is 1. The number of nitrogens with two attached hydrogens (primary N) is 2. The van der Waals surface area contributed by atoms with Crippen molar-refractivity contribution < 1.29 is 9.53 Å². The fraction of sp³-hybridized carbons (Fsp3) is 0.400. The number of aromatic nitrogens is 1. The monoisotopic (exact) mass is 207 g/mol. The van der Waals surface area contributed by atoms with Gasteiger partial charge in [0.1, 0.15) is 11.4 Å². The lowest BCUT2D eigenvalue weighted by molar-refractivity contribution is 0.0994. The highest BCUT2D eigenvalue weighted by molar-refractivity contribution is 5.92. The maximum absolute atomic E-state index is 11.0. The Morgan fingerprint density at radius 1 is 1.60 bits per heavy atom. The van der Waals surface area contributed by atoms with Gasteiger partial charge in [0, 0.05) is 12.1 Å². The van der Waals surface area contributed by atoms with Crippen LogP contribution >= 0.6 is 0 Å². The number of rotatable bonds is 4. The second kappa shape index (κ2) is 3.86. The smallest absolute Gasteiger partial charge is 0.267 e. The van der Waals surface area contributed by atoms with E-state index in [1.165, 1.54) is 6.20 Å². The predicted molar refractivity (Wildman–Crippen MR) is 54.3 cm³/mol. The highest BCUT2D eigenvalue weighted by Crippen LogP contribution is 2.27. The molecule has 1 aromatic heterocycles. The van der Waals surface area contributed by atoms with Gasteiger partial charge < -0.3 is 16.2 Å². The molecular weight excluding hydrogens is 194 g/mol. The average molecular weight is 207 g/mol. The molecule has 1 aliphatic rings. The van der Waals surface area contributed by atoms with E-state index in [0.29, 0.717) is 17.4 Å². The van der Waals surface area contributed by atoms with Gasteiger partial charge in [-0.1, -0.05) is 0 Å². The minimum absolute atomic E-state index is 0.223. The summed E-state index contributed by atoms with van der Waals surface area (Å²) in [7, 11) is 0. The molecule has 1 fully saturated rings. The van der Waals surface area contributed by atoms with Crippen molar-refractivity contribution in [1.82, 2.24) is 4.98 Å². The van der Waals surface area contributed by atoms with Crippen LogP contribution in [0.15, 0.2) is 12.3 Å². The van der Waals surface area contributed by atoms with Crippen LogP contribution in [0.5, 0.6) is 5.75 Å². The molecule has 2 rings (SSSR count). The molecule has 0 spiro atoms. The molecule has 1 saturated carbocycles. The van der Waals surface area contributed by atoms with E-state index in [0.717, 1.165) is 12.8 Å². The number of amides is 1. The Morgan fingerprint density at radius 2 is 2.33 bits per heavy atom. The molecule has 1 aliphatic carbocycles. The number of ether oxygens (including phenoxy) is 1. The van der Waals surface area contributed by atoms with E-state index in [9.17, 15) is 4.79 Å². The van der Waals surface area contributed by atoms with Gasteiger partial charge in [-0.15, -0.1) is 0 Å². The maximum Gasteiger partial charge on any atom is 0.267 e. The molecule has 80 valence electrons. The van der Waals surface area contributed by atoms with Crippen LogP contribution in [0, 0.1) is 0 Å². The van der Waals surface area contributed by atoms with Crippen LogP contribution in [-0.2, 0) is 6.54 Å². The molecule has 5 heteroatoms. The van der Waals surface area contributed by atoms with E-state index < -0.39 is 5.91 Å². The fourth-order valence-electron chi connectivity index (χ4n) is 1.31. The maximum atomic E-state index is 11.0. The van der Waals surface area contributed by atoms with Crippen LogP contribution in [-0.4, -0.2) is 17.0 Å². The number of pyridine rings is 1. The zero-order valence-electron chi connectivity index (χ0n) is 8.27. The first-order valence-electron chi connectivity index (χ1n) is 4.86. The summed E-state index contributed by atoms with van der Waals surface area (Å²) in [5.41, 5.74) is 11.5. The van der Waals surface area contributed by atoms with Crippen LogP contribution < -0.4 is 16.2 Å². The Kier molecular flexibility index (Phi) is 2.55. The van der Waals surface area contributed by atoms with Crippen molar-refractivity contribution in [3.63, 3.8) is 0 Å². The van der Waals surface area contributed by atoms with Crippen LogP contribution in [0.4, 0.5) is 0 Å². The number of nitrogens with zero attached hydrogens (tertiary/aromatic N) is 1. The van der Waals surface area contributed by atoms with Crippen LogP contribution in [0.1, 0.15) is 28.9 Å². The molecule has 0 aromatic carbocycles. The van der Waals surface area contributed by atoms with Crippen molar-refractivity contribution in [3.8, 4) is 5.75 Å². The van der Waals surface area contributed by atoms with Crippen LogP contribution in [0.25, 0.3) is 0 Å². The third-order valence-electron chi connectivity index (χ3n) is 2.22. The third kappa shape index (κ3) is 2.24. The number of carbonyl (C=O) groups excluding carboxylic acids is 1. The first kappa shape index (κ1) is 9.92. The van der Waals surface area contributed by atoms with Crippen LogP contribution in [0.3, 0.4) is 0 Å². The zero-order valence-corrected chi connectivity index (χ0v) is 8.27. The lowest BCUT2D eigenvalue weighted by atomic mass is 10.2. The summed E-state index contributed by atoms with van der Waals surface area (Å²) < 4.78 is 5.53. The Balaban J connectivity index is 2.24. The van der Waals surface area contributed by atoms with Crippen molar-refractivity contribution in [1.29, 1.82) is 0 Å². The van der Waals surface area contributed by atoms with Gasteiger partial charge >= 0.3 is 0 Å². The van der Waals surface area contributed by atoms with Gasteiger partial charge in [0.25, 0.3) is 5.91 Å². The zero-order chi connectivity index (χ0) is 10.8. The fourth-order valence-corrected chi connectivity index (χ4v) is 1.31. The molecule has 15 heavy (non-hydrogen) atoms. The van der Waals surface area contributed by atoms with E-state index in [2.05, 4.69) is 4.98 Å². The largest absolute Gasteiger partial charge is 0.489 e. The second-order valence-corrected chi connectivity index (χ2v) is 3.56. The summed E-state index contributed by atoms with van der Waals surface area (Å²) in [4.78, 5) is 14.9. The lowest BCUT2D eigenvalue weighted by Gasteiger charge is -2.07. The highest BCUT2D eigenvalue weighted by Gasteiger charge is 2.24. The van der Waals surface area contributed by atoms with Gasteiger partial charge in [-0.05, 0) is 18.9 Å². The molecule has 1 amide bonds. The summed E-state index contributed by atoms with van der Waals surface area (Å²) in [6.07, 6.45) is 3.97. The molecule has 0 aliphatic heterocycles. The number of primary amides is 1. The van der Waals surface area contributed by atoms with Crippen molar-refractivity contribution in [2.45, 2.75) is 25.5 Å². The second-order valence-electron chi connectivity index (χ2n) is 3.56. The topological polar surface area (TPSA) is 91.2 Å². The van der Waals surface area contributed by atoms with E-state index in [1.807, 2.05) is 0 Å². The first-order valence-corrected chi connectivity index (χ1v) is 4.86. The molecule has 0 saturated heterocycles. The van der Waals surface area contributed by atoms with Gasteiger partial charge in [-0.3, -0.25) is 4.79 Å². The van der Waals surface area contributed by atoms with Gasteiger partial charge in [-0.2, -0.15) is 0 Å². The molecule has 0 radical (unpaired) electrons. The SMILES string of the molecule is NCc1cc(OC2CC2)cnc1C(N)=O. The minimum atomic E-state index is -0.562. The standard InChI is InChI=1S/C10H13N3O2/c11-4-6-3-8(15-7-1-2-7)5-13-9(6)10(12)14/h3,5,7H,1-2,4,11H2,(H2,12,14). The lowest BCUT2D eigenvalue weighted by Crippen LogP contribution is -2.17. The molecule has 5 nitrogen and oxygen atoms in total. The van der Waals surface area contributed by atoms with E-state index >= 15 is 0 Å². The summed E-state index contributed by atoms with van der Waals surface area (Å²) >= 11 is 0. The number of hydrogen-bond acceptors (Lipinski definition) is 4. The Bertz CT molecular complexity index is 388. The average Bonchev–Trinajstić information content (AvgIpc) is 3.01. The Hall–Kier alpha value is -1.62. The van der Waals surface area contributed by atoms with Gasteiger partial charge in [0.2, 0.25) is 0 Å². The quantitative estimate of drug-likeness (QED) is 0.736. The normalized spacial score (nSPS) is 15.0. The molecule has 1 heterocycles. The first-order chi connectivity index (χ1) is 7.20. The highest BCUT2D eigenvalue weighted by atomic mass is 16.5. The third-order valence-corrected chi connectivity index (χ3v) is 2.22. The molecule has 0 unspecified atom stereocenters. The molecule has 0 atom stereocenters. The van der Waals surface area contributed by atoms with E-state index in [-0.39, 0.29) is 12.2 Å². The molecule has 4 N–H and O–H groups in total. The molecule has 1 aromatic rings. The summed E-state index contributed by atoms with van der Waals surface area (Å²) in [5, 5.41) is 0. The summed E-state index contributed by atoms with van der Waals surface area (Å²) in [5.74, 6) is 0.0939. The van der Waals surface area contributed by atoms with Gasteiger partial charge in [-0.25, -0.2) is 4.98 Å². The Morgan fingerprint density at radius 3 is 2.87 bits per heavy atom. The van der Waals surface area contributed by atoms with Crippen molar-refractivity contribution in [3.05, 3.63) is 23.5 Å².